The number of ether oxygens (including phenoxy) is 1. The molecule has 0 unspecified atom stereocenters. The molecular formula is C24H18F3N5OS. The number of nitrogens with zero attached hydrogens (tertiary/aromatic N) is 4. The van der Waals surface area contributed by atoms with Crippen LogP contribution in [0.4, 0.5) is 24.0 Å². The summed E-state index contributed by atoms with van der Waals surface area (Å²) < 4.78 is 43.8. The van der Waals surface area contributed by atoms with E-state index in [0.717, 1.165) is 33.2 Å². The van der Waals surface area contributed by atoms with Crippen molar-refractivity contribution >= 4 is 33.2 Å². The Kier molecular flexibility index (Phi) is 5.45. The molecule has 0 fully saturated rings. The maximum Gasteiger partial charge on any atom is 0.573 e. The highest BCUT2D eigenvalue weighted by molar-refractivity contribution is 7.14. The number of pyridine rings is 1. The first kappa shape index (κ1) is 21.9. The zero-order valence-electron chi connectivity index (χ0n) is 18.1. The zero-order chi connectivity index (χ0) is 23.9. The van der Waals surface area contributed by atoms with Crippen LogP contribution in [0.1, 0.15) is 5.56 Å². The lowest BCUT2D eigenvalue weighted by Crippen LogP contribution is -2.17. The van der Waals surface area contributed by atoms with Gasteiger partial charge in [0.15, 0.2) is 5.13 Å². The highest BCUT2D eigenvalue weighted by Gasteiger charge is 2.31. The number of alkyl halides is 3. The van der Waals surface area contributed by atoms with Crippen LogP contribution < -0.4 is 10.1 Å². The SMILES string of the molecule is Cc1cc2c(cc1Nc1nc(-c3cccnc3)cs1)nc(-c1cccc(OC(F)(F)F)c1)n2C. The highest BCUT2D eigenvalue weighted by atomic mass is 32.1. The number of aromatic nitrogens is 4. The predicted molar refractivity (Wildman–Crippen MR) is 126 cm³/mol. The largest absolute Gasteiger partial charge is 0.573 e. The summed E-state index contributed by atoms with van der Waals surface area (Å²) in [5, 5.41) is 6.04. The van der Waals surface area contributed by atoms with E-state index < -0.39 is 6.36 Å². The van der Waals surface area contributed by atoms with Crippen LogP contribution in [0.25, 0.3) is 33.7 Å². The van der Waals surface area contributed by atoms with E-state index in [9.17, 15) is 13.2 Å². The van der Waals surface area contributed by atoms with Crippen LogP contribution in [0, 0.1) is 6.92 Å². The summed E-state index contributed by atoms with van der Waals surface area (Å²) in [6.45, 7) is 1.97. The van der Waals surface area contributed by atoms with Crippen LogP contribution in [0.3, 0.4) is 0 Å². The van der Waals surface area contributed by atoms with Gasteiger partial charge in [0.25, 0.3) is 0 Å². The van der Waals surface area contributed by atoms with Crippen molar-refractivity contribution in [1.29, 1.82) is 0 Å². The number of hydrogen-bond acceptors (Lipinski definition) is 6. The second-order valence-electron chi connectivity index (χ2n) is 7.63. The fraction of sp³-hybridized carbons (Fsp3) is 0.125. The summed E-state index contributed by atoms with van der Waals surface area (Å²) in [6, 6.07) is 13.5. The molecule has 3 aromatic heterocycles. The molecule has 0 aliphatic heterocycles. The van der Waals surface area contributed by atoms with Gasteiger partial charge in [-0.1, -0.05) is 12.1 Å². The van der Waals surface area contributed by atoms with Gasteiger partial charge < -0.3 is 14.6 Å². The topological polar surface area (TPSA) is 64.9 Å². The number of fused-ring (bicyclic) bond motifs is 1. The van der Waals surface area contributed by atoms with Crippen molar-refractivity contribution < 1.29 is 17.9 Å². The van der Waals surface area contributed by atoms with Crippen molar-refractivity contribution in [3.05, 3.63) is 71.9 Å². The van der Waals surface area contributed by atoms with Crippen LogP contribution in [0.2, 0.25) is 0 Å². The van der Waals surface area contributed by atoms with E-state index in [4.69, 9.17) is 0 Å². The molecule has 0 spiro atoms. The first-order valence-electron chi connectivity index (χ1n) is 10.2. The summed E-state index contributed by atoms with van der Waals surface area (Å²) in [5.74, 6) is 0.246. The molecule has 5 rings (SSSR count). The molecule has 172 valence electrons. The Labute approximate surface area is 196 Å². The molecule has 2 aromatic carbocycles. The Morgan fingerprint density at radius 2 is 1.85 bits per heavy atom. The molecule has 34 heavy (non-hydrogen) atoms. The third-order valence-corrected chi connectivity index (χ3v) is 6.01. The van der Waals surface area contributed by atoms with Crippen molar-refractivity contribution in [3.8, 4) is 28.4 Å². The van der Waals surface area contributed by atoms with Gasteiger partial charge in [-0.25, -0.2) is 9.97 Å². The van der Waals surface area contributed by atoms with E-state index in [1.807, 2.05) is 48.2 Å². The average Bonchev–Trinajstić information content (AvgIpc) is 3.39. The second kappa shape index (κ2) is 8.45. The van der Waals surface area contributed by atoms with Crippen molar-refractivity contribution in [1.82, 2.24) is 19.5 Å². The minimum atomic E-state index is -4.75. The van der Waals surface area contributed by atoms with Gasteiger partial charge >= 0.3 is 6.36 Å². The third kappa shape index (κ3) is 4.44. The number of nitrogens with one attached hydrogen (secondary N) is 1. The van der Waals surface area contributed by atoms with E-state index in [0.29, 0.717) is 16.9 Å². The summed E-state index contributed by atoms with van der Waals surface area (Å²) >= 11 is 1.48. The number of anilines is 2. The Hall–Kier alpha value is -3.92. The van der Waals surface area contributed by atoms with E-state index >= 15 is 0 Å². The molecule has 0 saturated carbocycles. The molecule has 0 radical (unpaired) electrons. The van der Waals surface area contributed by atoms with Crippen molar-refractivity contribution in [2.75, 3.05) is 5.32 Å². The maximum absolute atomic E-state index is 12.6. The van der Waals surface area contributed by atoms with Crippen LogP contribution in [-0.4, -0.2) is 25.9 Å². The summed E-state index contributed by atoms with van der Waals surface area (Å²) in [6.07, 6.45) is -1.27. The van der Waals surface area contributed by atoms with Crippen LogP contribution in [0.15, 0.2) is 66.3 Å². The zero-order valence-corrected chi connectivity index (χ0v) is 18.9. The summed E-state index contributed by atoms with van der Waals surface area (Å²) in [5.41, 5.74) is 5.68. The Morgan fingerprint density at radius 1 is 1.03 bits per heavy atom. The van der Waals surface area contributed by atoms with Gasteiger partial charge in [0.1, 0.15) is 11.6 Å². The number of imidazole rings is 1. The maximum atomic E-state index is 12.6. The molecule has 0 atom stereocenters. The van der Waals surface area contributed by atoms with Crippen LogP contribution in [0.5, 0.6) is 5.75 Å². The smallest absolute Gasteiger partial charge is 0.406 e. The third-order valence-electron chi connectivity index (χ3n) is 5.26. The molecular weight excluding hydrogens is 463 g/mol. The number of hydrogen-bond donors (Lipinski definition) is 1. The molecule has 3 heterocycles. The molecule has 1 N–H and O–H groups in total. The van der Waals surface area contributed by atoms with Gasteiger partial charge in [-0.15, -0.1) is 24.5 Å². The van der Waals surface area contributed by atoms with Gasteiger partial charge in [0, 0.05) is 41.6 Å². The van der Waals surface area contributed by atoms with E-state index in [2.05, 4.69) is 25.0 Å². The summed E-state index contributed by atoms with van der Waals surface area (Å²) in [4.78, 5) is 13.5. The van der Waals surface area contributed by atoms with Gasteiger partial charge in [-0.05, 0) is 48.9 Å². The number of aryl methyl sites for hydroxylation is 2. The lowest BCUT2D eigenvalue weighted by atomic mass is 10.1. The standard InChI is InChI=1S/C24H18F3N5OS/c1-14-9-21-19(11-18(14)30-23-31-20(13-34-23)16-6-4-8-28-12-16)29-22(32(21)2)15-5-3-7-17(10-15)33-24(25,26)27/h3-13H,1-2H3,(H,30,31). The Balaban J connectivity index is 1.46. The normalized spacial score (nSPS) is 11.7. The van der Waals surface area contributed by atoms with Gasteiger partial charge in [-0.2, -0.15) is 0 Å². The molecule has 5 aromatic rings. The van der Waals surface area contributed by atoms with Gasteiger partial charge in [0.05, 0.1) is 16.7 Å². The first-order valence-corrected chi connectivity index (χ1v) is 11.1. The second-order valence-corrected chi connectivity index (χ2v) is 8.49. The Bertz CT molecular complexity index is 1480. The van der Waals surface area contributed by atoms with Gasteiger partial charge in [-0.3, -0.25) is 4.98 Å². The van der Waals surface area contributed by atoms with E-state index in [1.54, 1.807) is 18.5 Å². The number of rotatable bonds is 5. The molecule has 0 saturated heterocycles. The number of halogens is 3. The fourth-order valence-corrected chi connectivity index (χ4v) is 4.39. The van der Waals surface area contributed by atoms with Crippen LogP contribution >= 0.6 is 11.3 Å². The quantitative estimate of drug-likeness (QED) is 0.302. The molecule has 0 bridgehead atoms. The monoisotopic (exact) mass is 481 g/mol. The predicted octanol–water partition coefficient (Wildman–Crippen LogP) is 6.71. The average molecular weight is 482 g/mol. The Morgan fingerprint density at radius 3 is 2.62 bits per heavy atom. The summed E-state index contributed by atoms with van der Waals surface area (Å²) in [7, 11) is 1.83. The molecule has 10 heteroatoms. The number of benzene rings is 2. The minimum absolute atomic E-state index is 0.288. The lowest BCUT2D eigenvalue weighted by molar-refractivity contribution is -0.274. The van der Waals surface area contributed by atoms with Crippen molar-refractivity contribution in [2.24, 2.45) is 7.05 Å². The minimum Gasteiger partial charge on any atom is -0.406 e. The van der Waals surface area contributed by atoms with Crippen LogP contribution in [-0.2, 0) is 7.05 Å². The van der Waals surface area contributed by atoms with Crippen molar-refractivity contribution in [2.45, 2.75) is 13.3 Å². The molecule has 6 nitrogen and oxygen atoms in total. The van der Waals surface area contributed by atoms with E-state index in [1.165, 1.54) is 29.5 Å². The van der Waals surface area contributed by atoms with Crippen molar-refractivity contribution in [3.63, 3.8) is 0 Å². The first-order chi connectivity index (χ1) is 16.3. The molecule has 0 aliphatic rings. The van der Waals surface area contributed by atoms with E-state index in [-0.39, 0.29) is 5.75 Å². The molecule has 0 aliphatic carbocycles. The molecule has 0 amide bonds. The highest BCUT2D eigenvalue weighted by Crippen LogP contribution is 2.33. The lowest BCUT2D eigenvalue weighted by Gasteiger charge is -2.10. The van der Waals surface area contributed by atoms with Gasteiger partial charge in [0.2, 0.25) is 0 Å². The number of thiazole rings is 1. The fourth-order valence-electron chi connectivity index (χ4n) is 3.66.